The molecule has 0 amide bonds. The molecule has 1 N–H and O–H groups in total. The zero-order valence-corrected chi connectivity index (χ0v) is 12.5. The highest BCUT2D eigenvalue weighted by atomic mass is 32.2. The Kier molecular flexibility index (Phi) is 3.29. The molecule has 1 atom stereocenters. The molecule has 0 aromatic heterocycles. The van der Waals surface area contributed by atoms with E-state index < -0.39 is 27.5 Å². The molecular weight excluding hydrogens is 307 g/mol. The fraction of sp³-hybridized carbons (Fsp3) is 0.188. The van der Waals surface area contributed by atoms with Crippen LogP contribution in [0.4, 0.5) is 4.39 Å². The maximum Gasteiger partial charge on any atom is 0.310 e. The first-order valence-electron chi connectivity index (χ1n) is 6.70. The summed E-state index contributed by atoms with van der Waals surface area (Å²) in [4.78, 5) is 11.3. The minimum absolute atomic E-state index is 0.112. The SMILES string of the molecule is CC(C(=O)O)c1ccc2c(c1)Cc1cc(F)ccc1S2(=O)=O. The molecule has 0 spiro atoms. The smallest absolute Gasteiger partial charge is 0.310 e. The second-order valence-corrected chi connectivity index (χ2v) is 7.25. The van der Waals surface area contributed by atoms with E-state index in [0.717, 1.165) is 6.07 Å². The highest BCUT2D eigenvalue weighted by Gasteiger charge is 2.30. The van der Waals surface area contributed by atoms with Crippen LogP contribution in [-0.2, 0) is 21.1 Å². The molecule has 0 saturated heterocycles. The van der Waals surface area contributed by atoms with E-state index in [1.165, 1.54) is 31.2 Å². The Bertz CT molecular complexity index is 887. The molecule has 0 radical (unpaired) electrons. The van der Waals surface area contributed by atoms with Crippen LogP contribution in [0.3, 0.4) is 0 Å². The van der Waals surface area contributed by atoms with E-state index >= 15 is 0 Å². The number of halogens is 1. The predicted molar refractivity (Wildman–Crippen MR) is 77.2 cm³/mol. The molecule has 6 heteroatoms. The molecule has 2 aromatic carbocycles. The van der Waals surface area contributed by atoms with Gasteiger partial charge in [-0.05, 0) is 47.9 Å². The Morgan fingerprint density at radius 2 is 1.73 bits per heavy atom. The van der Waals surface area contributed by atoms with Gasteiger partial charge in [0.2, 0.25) is 9.84 Å². The summed E-state index contributed by atoms with van der Waals surface area (Å²) in [6.45, 7) is 1.54. The van der Waals surface area contributed by atoms with Crippen molar-refractivity contribution in [2.45, 2.75) is 29.1 Å². The van der Waals surface area contributed by atoms with Crippen LogP contribution in [0.15, 0.2) is 46.2 Å². The van der Waals surface area contributed by atoms with E-state index in [2.05, 4.69) is 0 Å². The largest absolute Gasteiger partial charge is 0.481 e. The van der Waals surface area contributed by atoms with Gasteiger partial charge in [-0.25, -0.2) is 12.8 Å². The lowest BCUT2D eigenvalue weighted by Crippen LogP contribution is -2.16. The van der Waals surface area contributed by atoms with Crippen molar-refractivity contribution in [2.75, 3.05) is 0 Å². The van der Waals surface area contributed by atoms with Crippen molar-refractivity contribution in [3.63, 3.8) is 0 Å². The fourth-order valence-electron chi connectivity index (χ4n) is 2.68. The van der Waals surface area contributed by atoms with Gasteiger partial charge in [0, 0.05) is 6.42 Å². The van der Waals surface area contributed by atoms with Crippen LogP contribution in [0.1, 0.15) is 29.5 Å². The molecule has 4 nitrogen and oxygen atoms in total. The first kappa shape index (κ1) is 14.7. The minimum atomic E-state index is -3.69. The third-order valence-corrected chi connectivity index (χ3v) is 5.89. The third kappa shape index (κ3) is 2.20. The van der Waals surface area contributed by atoms with Crippen molar-refractivity contribution in [1.29, 1.82) is 0 Å². The average molecular weight is 320 g/mol. The Morgan fingerprint density at radius 1 is 1.14 bits per heavy atom. The maximum atomic E-state index is 13.4. The summed E-state index contributed by atoms with van der Waals surface area (Å²) in [7, 11) is -3.69. The van der Waals surface area contributed by atoms with Gasteiger partial charge in [-0.3, -0.25) is 4.79 Å². The standard InChI is InChI=1S/C16H13FO4S/c1-9(16(18)19)10-2-4-14-11(6-10)7-12-8-13(17)3-5-15(12)22(14,20)21/h2-6,8-9H,7H2,1H3,(H,18,19). The van der Waals surface area contributed by atoms with Crippen molar-refractivity contribution >= 4 is 15.8 Å². The van der Waals surface area contributed by atoms with Gasteiger partial charge in [0.1, 0.15) is 5.82 Å². The Labute approximate surface area is 127 Å². The summed E-state index contributed by atoms with van der Waals surface area (Å²) in [5.74, 6) is -2.21. The Hall–Kier alpha value is -2.21. The Morgan fingerprint density at radius 3 is 2.36 bits per heavy atom. The number of carboxylic acids is 1. The molecule has 1 aliphatic rings. The van der Waals surface area contributed by atoms with Gasteiger partial charge in [0.05, 0.1) is 15.7 Å². The summed E-state index contributed by atoms with van der Waals surface area (Å²) >= 11 is 0. The molecule has 114 valence electrons. The van der Waals surface area contributed by atoms with Crippen LogP contribution in [0, 0.1) is 5.82 Å². The Balaban J connectivity index is 2.18. The van der Waals surface area contributed by atoms with Gasteiger partial charge in [-0.2, -0.15) is 0 Å². The van der Waals surface area contributed by atoms with E-state index in [1.807, 2.05) is 0 Å². The van der Waals surface area contributed by atoms with Gasteiger partial charge in [-0.1, -0.05) is 12.1 Å². The molecule has 22 heavy (non-hydrogen) atoms. The van der Waals surface area contributed by atoms with Gasteiger partial charge in [0.15, 0.2) is 0 Å². The predicted octanol–water partition coefficient (Wildman–Crippen LogP) is 2.75. The average Bonchev–Trinajstić information content (AvgIpc) is 2.45. The van der Waals surface area contributed by atoms with E-state index in [4.69, 9.17) is 5.11 Å². The van der Waals surface area contributed by atoms with Crippen molar-refractivity contribution < 1.29 is 22.7 Å². The number of carbonyl (C=O) groups is 1. The summed E-state index contributed by atoms with van der Waals surface area (Å²) in [5, 5.41) is 9.07. The summed E-state index contributed by atoms with van der Waals surface area (Å²) in [6.07, 6.45) is 0.266. The van der Waals surface area contributed by atoms with E-state index in [9.17, 15) is 17.6 Å². The third-order valence-electron chi connectivity index (χ3n) is 3.94. The topological polar surface area (TPSA) is 71.4 Å². The van der Waals surface area contributed by atoms with Gasteiger partial charge in [-0.15, -0.1) is 0 Å². The highest BCUT2D eigenvalue weighted by molar-refractivity contribution is 7.91. The monoisotopic (exact) mass is 320 g/mol. The van der Waals surface area contributed by atoms with E-state index in [1.54, 1.807) is 6.07 Å². The van der Waals surface area contributed by atoms with E-state index in [0.29, 0.717) is 16.7 Å². The summed E-state index contributed by atoms with van der Waals surface area (Å²) in [6, 6.07) is 8.15. The quantitative estimate of drug-likeness (QED) is 0.737. The lowest BCUT2D eigenvalue weighted by Gasteiger charge is -2.21. The van der Waals surface area contributed by atoms with Gasteiger partial charge in [0.25, 0.3) is 0 Å². The van der Waals surface area contributed by atoms with Crippen LogP contribution >= 0.6 is 0 Å². The first-order chi connectivity index (χ1) is 10.3. The van der Waals surface area contributed by atoms with Crippen molar-refractivity contribution in [2.24, 2.45) is 0 Å². The molecular formula is C16H13FO4S. The first-order valence-corrected chi connectivity index (χ1v) is 8.18. The number of hydrogen-bond acceptors (Lipinski definition) is 3. The van der Waals surface area contributed by atoms with Gasteiger partial charge < -0.3 is 5.11 Å². The van der Waals surface area contributed by atoms with Gasteiger partial charge >= 0.3 is 5.97 Å². The number of carboxylic acid groups (broad SMARTS) is 1. The second-order valence-electron chi connectivity index (χ2n) is 5.36. The van der Waals surface area contributed by atoms with Crippen molar-refractivity contribution in [3.8, 4) is 0 Å². The maximum absolute atomic E-state index is 13.4. The van der Waals surface area contributed by atoms with Crippen LogP contribution in [0.2, 0.25) is 0 Å². The number of rotatable bonds is 2. The fourth-order valence-corrected chi connectivity index (χ4v) is 4.37. The molecule has 0 bridgehead atoms. The van der Waals surface area contributed by atoms with Crippen LogP contribution < -0.4 is 0 Å². The zero-order chi connectivity index (χ0) is 16.1. The molecule has 0 fully saturated rings. The van der Waals surface area contributed by atoms with Crippen molar-refractivity contribution in [1.82, 2.24) is 0 Å². The number of aliphatic carboxylic acids is 1. The molecule has 1 heterocycles. The number of benzene rings is 2. The van der Waals surface area contributed by atoms with Crippen LogP contribution in [0.25, 0.3) is 0 Å². The molecule has 0 aliphatic carbocycles. The number of hydrogen-bond donors (Lipinski definition) is 1. The second kappa shape index (κ2) is 4.91. The summed E-state index contributed by atoms with van der Waals surface area (Å²) in [5.41, 5.74) is 1.43. The van der Waals surface area contributed by atoms with Crippen LogP contribution in [-0.4, -0.2) is 19.5 Å². The lowest BCUT2D eigenvalue weighted by atomic mass is 9.96. The van der Waals surface area contributed by atoms with Crippen molar-refractivity contribution in [3.05, 3.63) is 58.9 Å². The summed E-state index contributed by atoms with van der Waals surface area (Å²) < 4.78 is 38.5. The van der Waals surface area contributed by atoms with E-state index in [-0.39, 0.29) is 16.2 Å². The highest BCUT2D eigenvalue weighted by Crippen LogP contribution is 2.36. The zero-order valence-electron chi connectivity index (χ0n) is 11.7. The molecule has 1 aliphatic heterocycles. The molecule has 2 aromatic rings. The minimum Gasteiger partial charge on any atom is -0.481 e. The van der Waals surface area contributed by atoms with Crippen LogP contribution in [0.5, 0.6) is 0 Å². The number of fused-ring (bicyclic) bond motifs is 2. The molecule has 0 saturated carbocycles. The molecule has 3 rings (SSSR count). The normalized spacial score (nSPS) is 16.5. The molecule has 1 unspecified atom stereocenters. The number of sulfone groups is 1. The lowest BCUT2D eigenvalue weighted by molar-refractivity contribution is -0.138.